The summed E-state index contributed by atoms with van der Waals surface area (Å²) in [7, 11) is 0. The van der Waals surface area contributed by atoms with Gasteiger partial charge in [-0.1, -0.05) is 44.2 Å². The molecule has 5 nitrogen and oxygen atoms in total. The largest absolute Gasteiger partial charge is 0.356 e. The van der Waals surface area contributed by atoms with Crippen molar-refractivity contribution in [2.24, 2.45) is 5.92 Å². The van der Waals surface area contributed by atoms with Crippen LogP contribution in [0.3, 0.4) is 0 Å². The van der Waals surface area contributed by atoms with E-state index < -0.39 is 0 Å². The average Bonchev–Trinajstić information content (AvgIpc) is 3.07. The number of aromatic nitrogens is 2. The number of benzene rings is 1. The van der Waals surface area contributed by atoms with Crippen LogP contribution in [0.25, 0.3) is 10.2 Å². The molecule has 4 rings (SSSR count). The molecule has 1 aliphatic rings. The minimum atomic E-state index is 0.0201. The molecule has 2 aromatic heterocycles. The monoisotopic (exact) mass is 450 g/mol. The summed E-state index contributed by atoms with van der Waals surface area (Å²) in [6.45, 7) is 12.6. The molecule has 1 atom stereocenters. The number of amides is 1. The summed E-state index contributed by atoms with van der Waals surface area (Å²) in [5, 5.41) is 4.47. The fourth-order valence-corrected chi connectivity index (χ4v) is 5.93. The Hall–Kier alpha value is -2.47. The quantitative estimate of drug-likeness (QED) is 0.546. The molecule has 1 amide bonds. The Morgan fingerprint density at radius 1 is 1.19 bits per heavy atom. The predicted molar refractivity (Wildman–Crippen MR) is 134 cm³/mol. The molecule has 1 aliphatic heterocycles. The van der Waals surface area contributed by atoms with Gasteiger partial charge in [0.25, 0.3) is 0 Å². The van der Waals surface area contributed by atoms with Crippen LogP contribution in [0.15, 0.2) is 36.7 Å². The summed E-state index contributed by atoms with van der Waals surface area (Å²) in [6, 6.07) is 10.7. The van der Waals surface area contributed by atoms with Crippen molar-refractivity contribution in [2.75, 3.05) is 18.0 Å². The molecule has 0 radical (unpaired) electrons. The first-order valence-electron chi connectivity index (χ1n) is 11.6. The summed E-state index contributed by atoms with van der Waals surface area (Å²) in [4.78, 5) is 26.7. The maximum absolute atomic E-state index is 13.0. The molecule has 0 saturated carbocycles. The number of fused-ring (bicyclic) bond motifs is 1. The highest BCUT2D eigenvalue weighted by atomic mass is 32.1. The third-order valence-corrected chi connectivity index (χ3v) is 7.99. The second-order valence-electron chi connectivity index (χ2n) is 9.79. The number of anilines is 1. The third kappa shape index (κ3) is 4.65. The second kappa shape index (κ2) is 9.18. The number of rotatable bonds is 6. The van der Waals surface area contributed by atoms with E-state index in [1.165, 1.54) is 21.4 Å². The van der Waals surface area contributed by atoms with E-state index in [0.29, 0.717) is 0 Å². The van der Waals surface area contributed by atoms with E-state index in [2.05, 4.69) is 79.1 Å². The van der Waals surface area contributed by atoms with Gasteiger partial charge in [0.1, 0.15) is 17.0 Å². The van der Waals surface area contributed by atoms with Crippen LogP contribution in [0.5, 0.6) is 0 Å². The first-order valence-corrected chi connectivity index (χ1v) is 12.4. The fourth-order valence-electron chi connectivity index (χ4n) is 4.94. The number of nitrogens with zero attached hydrogens (tertiary/aromatic N) is 3. The molecule has 0 spiro atoms. The van der Waals surface area contributed by atoms with Crippen LogP contribution >= 0.6 is 11.3 Å². The minimum absolute atomic E-state index is 0.0201. The number of nitrogens with one attached hydrogen (secondary N) is 1. The van der Waals surface area contributed by atoms with Gasteiger partial charge in [0.15, 0.2) is 0 Å². The molecular formula is C26H34N4OS. The van der Waals surface area contributed by atoms with Gasteiger partial charge in [0, 0.05) is 29.9 Å². The fraction of sp³-hybridized carbons (Fsp3) is 0.500. The average molecular weight is 451 g/mol. The molecular weight excluding hydrogens is 416 g/mol. The maximum Gasteiger partial charge on any atom is 0.223 e. The van der Waals surface area contributed by atoms with Crippen molar-refractivity contribution in [1.82, 2.24) is 15.3 Å². The van der Waals surface area contributed by atoms with Crippen molar-refractivity contribution in [1.29, 1.82) is 0 Å². The molecule has 170 valence electrons. The minimum Gasteiger partial charge on any atom is -0.356 e. The van der Waals surface area contributed by atoms with E-state index in [-0.39, 0.29) is 23.3 Å². The van der Waals surface area contributed by atoms with Gasteiger partial charge in [-0.25, -0.2) is 9.97 Å². The highest BCUT2D eigenvalue weighted by Crippen LogP contribution is 2.35. The lowest BCUT2D eigenvalue weighted by Gasteiger charge is -2.34. The normalized spacial score (nSPS) is 16.3. The van der Waals surface area contributed by atoms with E-state index in [0.717, 1.165) is 43.0 Å². The first kappa shape index (κ1) is 22.7. The molecule has 1 N–H and O–H groups in total. The number of carbonyl (C=O) groups excluding carboxylic acids is 1. The van der Waals surface area contributed by atoms with Gasteiger partial charge >= 0.3 is 0 Å². The highest BCUT2D eigenvalue weighted by Gasteiger charge is 2.29. The molecule has 0 bridgehead atoms. The molecule has 1 saturated heterocycles. The zero-order valence-electron chi connectivity index (χ0n) is 19.8. The van der Waals surface area contributed by atoms with Gasteiger partial charge in [0.05, 0.1) is 5.39 Å². The van der Waals surface area contributed by atoms with Crippen LogP contribution in [0.1, 0.15) is 56.0 Å². The van der Waals surface area contributed by atoms with Crippen molar-refractivity contribution in [2.45, 2.75) is 65.3 Å². The van der Waals surface area contributed by atoms with Gasteiger partial charge in [-0.05, 0) is 56.6 Å². The van der Waals surface area contributed by atoms with Crippen LogP contribution < -0.4 is 10.2 Å². The summed E-state index contributed by atoms with van der Waals surface area (Å²) in [6.07, 6.45) is 4.29. The number of aryl methyl sites for hydroxylation is 2. The lowest BCUT2D eigenvalue weighted by atomic mass is 9.79. The Kier molecular flexibility index (Phi) is 6.52. The topological polar surface area (TPSA) is 58.1 Å². The zero-order valence-corrected chi connectivity index (χ0v) is 20.6. The van der Waals surface area contributed by atoms with Crippen molar-refractivity contribution in [3.8, 4) is 0 Å². The molecule has 3 heterocycles. The Morgan fingerprint density at radius 3 is 2.56 bits per heavy atom. The van der Waals surface area contributed by atoms with Gasteiger partial charge in [0.2, 0.25) is 5.91 Å². The predicted octanol–water partition coefficient (Wildman–Crippen LogP) is 5.40. The van der Waals surface area contributed by atoms with E-state index in [4.69, 9.17) is 0 Å². The summed E-state index contributed by atoms with van der Waals surface area (Å²) >= 11 is 1.73. The van der Waals surface area contributed by atoms with Gasteiger partial charge in [-0.2, -0.15) is 0 Å². The molecule has 0 aliphatic carbocycles. The number of hydrogen-bond donors (Lipinski definition) is 1. The van der Waals surface area contributed by atoms with Crippen LogP contribution in [0.4, 0.5) is 5.82 Å². The van der Waals surface area contributed by atoms with E-state index >= 15 is 0 Å². The lowest BCUT2D eigenvalue weighted by molar-refractivity contribution is -0.126. The highest BCUT2D eigenvalue weighted by molar-refractivity contribution is 7.18. The molecule has 3 aromatic rings. The molecule has 32 heavy (non-hydrogen) atoms. The van der Waals surface area contributed by atoms with Crippen LogP contribution in [0, 0.1) is 19.8 Å². The Balaban J connectivity index is 1.35. The summed E-state index contributed by atoms with van der Waals surface area (Å²) in [5.41, 5.74) is 2.60. The smallest absolute Gasteiger partial charge is 0.223 e. The number of hydrogen-bond acceptors (Lipinski definition) is 5. The number of piperidine rings is 1. The van der Waals surface area contributed by atoms with Crippen LogP contribution in [-0.4, -0.2) is 35.0 Å². The Morgan fingerprint density at radius 2 is 1.88 bits per heavy atom. The van der Waals surface area contributed by atoms with Crippen molar-refractivity contribution < 1.29 is 4.79 Å². The SMILES string of the molecule is Cc1sc2ncnc(N3CCC(C(=O)NC(C)CC(C)(C)c4ccccc4)CC3)c2c1C. The molecule has 1 unspecified atom stereocenters. The Labute approximate surface area is 195 Å². The lowest BCUT2D eigenvalue weighted by Crippen LogP contribution is -2.44. The van der Waals surface area contributed by atoms with Gasteiger partial charge in [-0.15, -0.1) is 11.3 Å². The molecule has 6 heteroatoms. The summed E-state index contributed by atoms with van der Waals surface area (Å²) in [5.74, 6) is 1.28. The van der Waals surface area contributed by atoms with Crippen LogP contribution in [0.2, 0.25) is 0 Å². The number of carbonyl (C=O) groups is 1. The Bertz CT molecular complexity index is 1080. The number of thiophene rings is 1. The molecule has 1 fully saturated rings. The van der Waals surface area contributed by atoms with E-state index in [9.17, 15) is 4.79 Å². The van der Waals surface area contributed by atoms with Crippen LogP contribution in [-0.2, 0) is 10.2 Å². The zero-order chi connectivity index (χ0) is 22.9. The van der Waals surface area contributed by atoms with Gasteiger partial charge in [-0.3, -0.25) is 4.79 Å². The van der Waals surface area contributed by atoms with E-state index in [1.807, 2.05) is 6.07 Å². The van der Waals surface area contributed by atoms with Crippen molar-refractivity contribution in [3.05, 3.63) is 52.7 Å². The third-order valence-electron chi connectivity index (χ3n) is 6.87. The first-order chi connectivity index (χ1) is 15.3. The maximum atomic E-state index is 13.0. The second-order valence-corrected chi connectivity index (χ2v) is 11.0. The van der Waals surface area contributed by atoms with Crippen molar-refractivity contribution >= 4 is 33.3 Å². The molecule has 1 aromatic carbocycles. The standard InChI is InChI=1S/C26H34N4OS/c1-17(15-26(4,5)21-9-7-6-8-10-21)29-24(31)20-11-13-30(14-12-20)23-22-18(2)19(3)32-25(22)28-16-27-23/h6-10,16-17,20H,11-15H2,1-5H3,(H,29,31). The van der Waals surface area contributed by atoms with Gasteiger partial charge < -0.3 is 10.2 Å². The van der Waals surface area contributed by atoms with E-state index in [1.54, 1.807) is 17.7 Å². The van der Waals surface area contributed by atoms with Crippen molar-refractivity contribution in [3.63, 3.8) is 0 Å². The summed E-state index contributed by atoms with van der Waals surface area (Å²) < 4.78 is 0.